The summed E-state index contributed by atoms with van der Waals surface area (Å²) < 4.78 is 0. The third kappa shape index (κ3) is 3.96. The molecule has 0 aromatic heterocycles. The summed E-state index contributed by atoms with van der Waals surface area (Å²) in [4.78, 5) is 38.8. The third-order valence-corrected chi connectivity index (χ3v) is 4.21. The van der Waals surface area contributed by atoms with Crippen LogP contribution in [0.5, 0.6) is 0 Å². The van der Waals surface area contributed by atoms with E-state index >= 15 is 0 Å². The Morgan fingerprint density at radius 3 is 2.17 bits per heavy atom. The molecule has 23 heavy (non-hydrogen) atoms. The van der Waals surface area contributed by atoms with Gasteiger partial charge in [-0.3, -0.25) is 19.3 Å². The molecule has 1 heterocycles. The van der Waals surface area contributed by atoms with E-state index in [0.29, 0.717) is 17.7 Å². The largest absolute Gasteiger partial charge is 0.354 e. The molecule has 0 saturated heterocycles. The SMILES string of the molecule is CC[NH+](CC)CCCNC(=O)CN1C(=O)c2ccccc2C1=O. The minimum atomic E-state index is -0.395. The molecule has 124 valence electrons. The molecule has 0 saturated carbocycles. The molecule has 0 radical (unpaired) electrons. The number of quaternary nitrogens is 1. The fourth-order valence-corrected chi connectivity index (χ4v) is 2.75. The van der Waals surface area contributed by atoms with Crippen LogP contribution >= 0.6 is 0 Å². The average Bonchev–Trinajstić information content (AvgIpc) is 2.80. The van der Waals surface area contributed by atoms with Crippen molar-refractivity contribution in [3.05, 3.63) is 35.4 Å². The number of benzene rings is 1. The lowest BCUT2D eigenvalue weighted by molar-refractivity contribution is -0.896. The van der Waals surface area contributed by atoms with Gasteiger partial charge in [-0.25, -0.2) is 0 Å². The van der Waals surface area contributed by atoms with Gasteiger partial charge in [-0.2, -0.15) is 0 Å². The van der Waals surface area contributed by atoms with Gasteiger partial charge in [0.1, 0.15) is 6.54 Å². The fraction of sp³-hybridized carbons (Fsp3) is 0.471. The molecular weight excluding hydrogens is 294 g/mol. The maximum atomic E-state index is 12.2. The highest BCUT2D eigenvalue weighted by atomic mass is 16.2. The van der Waals surface area contributed by atoms with Crippen LogP contribution in [-0.4, -0.2) is 55.3 Å². The minimum Gasteiger partial charge on any atom is -0.354 e. The standard InChI is InChI=1S/C17H23N3O3/c1-3-19(4-2)11-7-10-18-15(21)12-20-16(22)13-8-5-6-9-14(13)17(20)23/h5-6,8-9H,3-4,7,10-12H2,1-2H3,(H,18,21)/p+1. The third-order valence-electron chi connectivity index (χ3n) is 4.21. The summed E-state index contributed by atoms with van der Waals surface area (Å²) >= 11 is 0. The second-order valence-electron chi connectivity index (χ2n) is 5.65. The molecule has 2 rings (SSSR count). The number of carbonyl (C=O) groups is 3. The Balaban J connectivity index is 1.81. The van der Waals surface area contributed by atoms with E-state index in [2.05, 4.69) is 19.2 Å². The molecule has 2 N–H and O–H groups in total. The van der Waals surface area contributed by atoms with Crippen molar-refractivity contribution in [3.63, 3.8) is 0 Å². The van der Waals surface area contributed by atoms with Gasteiger partial charge in [0.05, 0.1) is 30.8 Å². The Kier molecular flexibility index (Phi) is 5.87. The maximum Gasteiger partial charge on any atom is 0.262 e. The van der Waals surface area contributed by atoms with Crippen molar-refractivity contribution < 1.29 is 19.3 Å². The summed E-state index contributed by atoms with van der Waals surface area (Å²) in [7, 11) is 0. The van der Waals surface area contributed by atoms with E-state index in [-0.39, 0.29) is 12.5 Å². The second kappa shape index (κ2) is 7.87. The van der Waals surface area contributed by atoms with Crippen molar-refractivity contribution in [3.8, 4) is 0 Å². The van der Waals surface area contributed by atoms with Gasteiger partial charge in [0.2, 0.25) is 5.91 Å². The summed E-state index contributed by atoms with van der Waals surface area (Å²) in [6.07, 6.45) is 0.880. The lowest BCUT2D eigenvalue weighted by Gasteiger charge is -2.16. The average molecular weight is 318 g/mol. The highest BCUT2D eigenvalue weighted by Crippen LogP contribution is 2.21. The Labute approximate surface area is 136 Å². The number of rotatable bonds is 8. The Hall–Kier alpha value is -2.21. The summed E-state index contributed by atoms with van der Waals surface area (Å²) in [5.41, 5.74) is 0.742. The molecule has 6 nitrogen and oxygen atoms in total. The smallest absolute Gasteiger partial charge is 0.262 e. The quantitative estimate of drug-likeness (QED) is 0.511. The number of nitrogens with zero attached hydrogens (tertiary/aromatic N) is 1. The van der Waals surface area contributed by atoms with Crippen LogP contribution in [0.1, 0.15) is 41.0 Å². The van der Waals surface area contributed by atoms with Gasteiger partial charge in [0, 0.05) is 13.0 Å². The number of amides is 3. The van der Waals surface area contributed by atoms with Gasteiger partial charge in [-0.05, 0) is 26.0 Å². The zero-order valence-corrected chi connectivity index (χ0v) is 13.7. The number of carbonyl (C=O) groups excluding carboxylic acids is 3. The van der Waals surface area contributed by atoms with Crippen LogP contribution in [0.2, 0.25) is 0 Å². The van der Waals surface area contributed by atoms with E-state index in [1.807, 2.05) is 0 Å². The minimum absolute atomic E-state index is 0.218. The molecule has 1 aliphatic rings. The van der Waals surface area contributed by atoms with Crippen LogP contribution < -0.4 is 10.2 Å². The normalized spacial score (nSPS) is 13.6. The molecule has 0 fully saturated rings. The zero-order chi connectivity index (χ0) is 16.8. The van der Waals surface area contributed by atoms with Gasteiger partial charge in [0.15, 0.2) is 0 Å². The highest BCUT2D eigenvalue weighted by molar-refractivity contribution is 6.22. The van der Waals surface area contributed by atoms with Crippen LogP contribution in [0, 0.1) is 0 Å². The van der Waals surface area contributed by atoms with Crippen LogP contribution in [0.3, 0.4) is 0 Å². The zero-order valence-electron chi connectivity index (χ0n) is 13.7. The fourth-order valence-electron chi connectivity index (χ4n) is 2.75. The molecule has 0 atom stereocenters. The first-order chi connectivity index (χ1) is 11.1. The van der Waals surface area contributed by atoms with Crippen molar-refractivity contribution in [1.82, 2.24) is 10.2 Å². The number of hydrogen-bond acceptors (Lipinski definition) is 3. The number of hydrogen-bond donors (Lipinski definition) is 2. The monoisotopic (exact) mass is 318 g/mol. The van der Waals surface area contributed by atoms with E-state index in [9.17, 15) is 14.4 Å². The van der Waals surface area contributed by atoms with Gasteiger partial charge in [-0.15, -0.1) is 0 Å². The Morgan fingerprint density at radius 2 is 1.65 bits per heavy atom. The lowest BCUT2D eigenvalue weighted by atomic mass is 10.1. The summed E-state index contributed by atoms with van der Waals surface area (Å²) in [5, 5.41) is 2.78. The Morgan fingerprint density at radius 1 is 1.09 bits per heavy atom. The first-order valence-electron chi connectivity index (χ1n) is 8.14. The van der Waals surface area contributed by atoms with Crippen LogP contribution in [-0.2, 0) is 4.79 Å². The van der Waals surface area contributed by atoms with Gasteiger partial charge >= 0.3 is 0 Å². The first kappa shape index (κ1) is 17.1. The Bertz CT molecular complexity index is 562. The lowest BCUT2D eigenvalue weighted by Crippen LogP contribution is -3.11. The molecule has 6 heteroatoms. The summed E-state index contributed by atoms with van der Waals surface area (Å²) in [6, 6.07) is 6.65. The van der Waals surface area contributed by atoms with E-state index < -0.39 is 11.8 Å². The molecule has 0 unspecified atom stereocenters. The number of fused-ring (bicyclic) bond motifs is 1. The topological polar surface area (TPSA) is 70.9 Å². The molecule has 1 aromatic rings. The van der Waals surface area contributed by atoms with Crippen molar-refractivity contribution >= 4 is 17.7 Å². The van der Waals surface area contributed by atoms with Gasteiger partial charge < -0.3 is 10.2 Å². The van der Waals surface area contributed by atoms with Gasteiger partial charge in [-0.1, -0.05) is 12.1 Å². The predicted octanol–water partition coefficient (Wildman–Crippen LogP) is -0.286. The number of nitrogens with one attached hydrogen (secondary N) is 2. The van der Waals surface area contributed by atoms with E-state index in [4.69, 9.17) is 0 Å². The second-order valence-corrected chi connectivity index (χ2v) is 5.65. The highest BCUT2D eigenvalue weighted by Gasteiger charge is 2.36. The molecule has 1 aliphatic heterocycles. The van der Waals surface area contributed by atoms with Crippen LogP contribution in [0.4, 0.5) is 0 Å². The van der Waals surface area contributed by atoms with Crippen molar-refractivity contribution in [2.45, 2.75) is 20.3 Å². The molecular formula is C17H24N3O3+. The molecule has 3 amide bonds. The molecule has 0 spiro atoms. The van der Waals surface area contributed by atoms with E-state index in [1.165, 1.54) is 4.90 Å². The van der Waals surface area contributed by atoms with Crippen LogP contribution in [0.25, 0.3) is 0 Å². The predicted molar refractivity (Wildman–Crippen MR) is 86.3 cm³/mol. The molecule has 0 aliphatic carbocycles. The van der Waals surface area contributed by atoms with Crippen LogP contribution in [0.15, 0.2) is 24.3 Å². The van der Waals surface area contributed by atoms with E-state index in [0.717, 1.165) is 31.0 Å². The van der Waals surface area contributed by atoms with Crippen molar-refractivity contribution in [2.24, 2.45) is 0 Å². The summed E-state index contributed by atoms with van der Waals surface area (Å²) in [5.74, 6) is -1.09. The molecule has 1 aromatic carbocycles. The van der Waals surface area contributed by atoms with Crippen molar-refractivity contribution in [2.75, 3.05) is 32.7 Å². The summed E-state index contributed by atoms with van der Waals surface area (Å²) in [6.45, 7) is 7.76. The maximum absolute atomic E-state index is 12.2. The number of imide groups is 1. The van der Waals surface area contributed by atoms with Crippen molar-refractivity contribution in [1.29, 1.82) is 0 Å². The van der Waals surface area contributed by atoms with E-state index in [1.54, 1.807) is 24.3 Å². The first-order valence-corrected chi connectivity index (χ1v) is 8.14. The van der Waals surface area contributed by atoms with Gasteiger partial charge in [0.25, 0.3) is 11.8 Å². The molecule has 0 bridgehead atoms.